The lowest BCUT2D eigenvalue weighted by Crippen LogP contribution is -2.38. The van der Waals surface area contributed by atoms with E-state index in [-0.39, 0.29) is 0 Å². The molecule has 1 saturated heterocycles. The molecule has 52 valence electrons. The first-order valence-electron chi connectivity index (χ1n) is 3.92. The van der Waals surface area contributed by atoms with Crippen LogP contribution in [0, 0.1) is 5.92 Å². The van der Waals surface area contributed by atoms with E-state index in [0.717, 1.165) is 5.92 Å². The van der Waals surface area contributed by atoms with Crippen LogP contribution >= 0.6 is 0 Å². The van der Waals surface area contributed by atoms with Crippen molar-refractivity contribution < 1.29 is 0 Å². The van der Waals surface area contributed by atoms with E-state index in [1.807, 2.05) is 0 Å². The van der Waals surface area contributed by atoms with Gasteiger partial charge < -0.3 is 4.90 Å². The average molecular weight is 125 g/mol. The van der Waals surface area contributed by atoms with Gasteiger partial charge in [-0.25, -0.2) is 0 Å². The van der Waals surface area contributed by atoms with Gasteiger partial charge in [-0.2, -0.15) is 0 Å². The molecule has 2 atom stereocenters. The molecular formula is C8H15N. The smallest absolute Gasteiger partial charge is 0.0181 e. The third-order valence-corrected chi connectivity index (χ3v) is 3.27. The van der Waals surface area contributed by atoms with Crippen molar-refractivity contribution in [1.29, 1.82) is 0 Å². The predicted octanol–water partition coefficient (Wildman–Crippen LogP) is 1.49. The van der Waals surface area contributed by atoms with Gasteiger partial charge >= 0.3 is 0 Å². The Kier molecular flexibility index (Phi) is 0.963. The molecule has 2 fully saturated rings. The molecule has 1 aliphatic heterocycles. The van der Waals surface area contributed by atoms with Gasteiger partial charge in [0.15, 0.2) is 0 Å². The van der Waals surface area contributed by atoms with E-state index < -0.39 is 0 Å². The van der Waals surface area contributed by atoms with E-state index in [9.17, 15) is 0 Å². The van der Waals surface area contributed by atoms with E-state index in [2.05, 4.69) is 18.9 Å². The van der Waals surface area contributed by atoms with Gasteiger partial charge in [-0.1, -0.05) is 0 Å². The summed E-state index contributed by atoms with van der Waals surface area (Å²) >= 11 is 0. The van der Waals surface area contributed by atoms with Crippen molar-refractivity contribution in [2.45, 2.75) is 31.7 Å². The largest absolute Gasteiger partial charge is 0.301 e. The Balaban J connectivity index is 2.22. The molecule has 0 spiro atoms. The number of hydrogen-bond acceptors (Lipinski definition) is 1. The van der Waals surface area contributed by atoms with Crippen LogP contribution in [0.2, 0.25) is 0 Å². The van der Waals surface area contributed by atoms with E-state index in [1.165, 1.54) is 25.8 Å². The number of fused-ring (bicyclic) bond motifs is 2. The highest BCUT2D eigenvalue weighted by Crippen LogP contribution is 2.44. The van der Waals surface area contributed by atoms with Crippen molar-refractivity contribution in [1.82, 2.24) is 4.90 Å². The van der Waals surface area contributed by atoms with Gasteiger partial charge in [0.05, 0.1) is 0 Å². The van der Waals surface area contributed by atoms with E-state index in [0.29, 0.717) is 5.54 Å². The molecule has 0 amide bonds. The van der Waals surface area contributed by atoms with Gasteiger partial charge in [0.2, 0.25) is 0 Å². The Morgan fingerprint density at radius 1 is 1.56 bits per heavy atom. The van der Waals surface area contributed by atoms with Gasteiger partial charge in [0.25, 0.3) is 0 Å². The Labute approximate surface area is 57.0 Å². The van der Waals surface area contributed by atoms with Crippen LogP contribution in [0.1, 0.15) is 26.2 Å². The minimum Gasteiger partial charge on any atom is -0.301 e. The van der Waals surface area contributed by atoms with Crippen LogP contribution < -0.4 is 0 Å². The molecule has 2 aliphatic rings. The van der Waals surface area contributed by atoms with E-state index in [1.54, 1.807) is 0 Å². The zero-order valence-corrected chi connectivity index (χ0v) is 6.35. The minimum atomic E-state index is 0.602. The number of hydrogen-bond donors (Lipinski definition) is 0. The summed E-state index contributed by atoms with van der Waals surface area (Å²) in [6.07, 6.45) is 4.39. The van der Waals surface area contributed by atoms with Gasteiger partial charge in [-0.3, -0.25) is 0 Å². The standard InChI is InChI=1S/C8H15N/c1-8-4-3-7(5-8)6-9(8)2/h7H,3-6H2,1-2H3. The van der Waals surface area contributed by atoms with Crippen LogP contribution in [-0.2, 0) is 0 Å². The lowest BCUT2D eigenvalue weighted by molar-refractivity contribution is 0.169. The monoisotopic (exact) mass is 125 g/mol. The summed E-state index contributed by atoms with van der Waals surface area (Å²) in [5.74, 6) is 1.04. The average Bonchev–Trinajstić information content (AvgIpc) is 2.22. The van der Waals surface area contributed by atoms with Crippen molar-refractivity contribution in [2.75, 3.05) is 13.6 Å². The summed E-state index contributed by atoms with van der Waals surface area (Å²) in [5, 5.41) is 0. The number of piperidine rings is 1. The topological polar surface area (TPSA) is 3.24 Å². The molecule has 0 aromatic carbocycles. The summed E-state index contributed by atoms with van der Waals surface area (Å²) in [6, 6.07) is 0. The lowest BCUT2D eigenvalue weighted by Gasteiger charge is -2.32. The normalized spacial score (nSPS) is 50.7. The van der Waals surface area contributed by atoms with Crippen LogP contribution in [0.25, 0.3) is 0 Å². The minimum absolute atomic E-state index is 0.602. The maximum absolute atomic E-state index is 2.53. The van der Waals surface area contributed by atoms with Crippen LogP contribution in [0.3, 0.4) is 0 Å². The highest BCUT2D eigenvalue weighted by atomic mass is 15.2. The lowest BCUT2D eigenvalue weighted by atomic mass is 10.0. The maximum Gasteiger partial charge on any atom is 0.0181 e. The fourth-order valence-electron chi connectivity index (χ4n) is 2.45. The van der Waals surface area contributed by atoms with Gasteiger partial charge in [-0.15, -0.1) is 0 Å². The van der Waals surface area contributed by atoms with E-state index in [4.69, 9.17) is 0 Å². The van der Waals surface area contributed by atoms with Crippen molar-refractivity contribution in [3.05, 3.63) is 0 Å². The fraction of sp³-hybridized carbons (Fsp3) is 1.00. The van der Waals surface area contributed by atoms with Crippen LogP contribution in [0.4, 0.5) is 0 Å². The molecule has 0 aromatic rings. The highest BCUT2D eigenvalue weighted by Gasteiger charge is 2.44. The van der Waals surface area contributed by atoms with Gasteiger partial charge in [0, 0.05) is 12.1 Å². The maximum atomic E-state index is 2.53. The Bertz CT molecular complexity index is 133. The number of rotatable bonds is 0. The number of nitrogens with zero attached hydrogens (tertiary/aromatic N) is 1. The van der Waals surface area contributed by atoms with Crippen molar-refractivity contribution in [3.63, 3.8) is 0 Å². The van der Waals surface area contributed by atoms with Gasteiger partial charge in [0.1, 0.15) is 0 Å². The molecule has 9 heavy (non-hydrogen) atoms. The molecule has 2 rings (SSSR count). The zero-order valence-electron chi connectivity index (χ0n) is 6.35. The molecule has 0 N–H and O–H groups in total. The Morgan fingerprint density at radius 3 is 2.56 bits per heavy atom. The Morgan fingerprint density at radius 2 is 2.33 bits per heavy atom. The summed E-state index contributed by atoms with van der Waals surface area (Å²) in [5.41, 5.74) is 0.602. The van der Waals surface area contributed by atoms with E-state index >= 15 is 0 Å². The quantitative estimate of drug-likeness (QED) is 0.474. The summed E-state index contributed by atoms with van der Waals surface area (Å²) in [6.45, 7) is 3.76. The van der Waals surface area contributed by atoms with Crippen LogP contribution in [0.5, 0.6) is 0 Å². The second kappa shape index (κ2) is 1.51. The molecule has 1 saturated carbocycles. The molecule has 1 heterocycles. The SMILES string of the molecule is CN1CC2CCC1(C)C2. The number of likely N-dealkylation sites (tertiary alicyclic amines) is 1. The fourth-order valence-corrected chi connectivity index (χ4v) is 2.45. The molecule has 0 aromatic heterocycles. The second-order valence-electron chi connectivity index (χ2n) is 3.99. The predicted molar refractivity (Wildman–Crippen MR) is 38.4 cm³/mol. The van der Waals surface area contributed by atoms with Crippen molar-refractivity contribution in [3.8, 4) is 0 Å². The van der Waals surface area contributed by atoms with Gasteiger partial charge in [-0.05, 0) is 39.2 Å². The molecule has 1 aliphatic carbocycles. The molecule has 0 radical (unpaired) electrons. The highest BCUT2D eigenvalue weighted by molar-refractivity contribution is 5.00. The third-order valence-electron chi connectivity index (χ3n) is 3.27. The second-order valence-corrected chi connectivity index (χ2v) is 3.99. The van der Waals surface area contributed by atoms with Crippen molar-refractivity contribution in [2.24, 2.45) is 5.92 Å². The zero-order chi connectivity index (χ0) is 6.48. The summed E-state index contributed by atoms with van der Waals surface area (Å²) in [7, 11) is 2.26. The summed E-state index contributed by atoms with van der Waals surface area (Å²) in [4.78, 5) is 2.53. The first kappa shape index (κ1) is 5.72. The molecule has 1 nitrogen and oxygen atoms in total. The Hall–Kier alpha value is -0.0400. The van der Waals surface area contributed by atoms with Crippen molar-refractivity contribution >= 4 is 0 Å². The molecule has 2 unspecified atom stereocenters. The first-order valence-corrected chi connectivity index (χ1v) is 3.92. The molecular weight excluding hydrogens is 110 g/mol. The molecule has 1 heteroatoms. The summed E-state index contributed by atoms with van der Waals surface area (Å²) < 4.78 is 0. The first-order chi connectivity index (χ1) is 4.21. The third kappa shape index (κ3) is 0.644. The molecule has 2 bridgehead atoms. The van der Waals surface area contributed by atoms with Crippen LogP contribution in [-0.4, -0.2) is 24.0 Å². The van der Waals surface area contributed by atoms with Crippen LogP contribution in [0.15, 0.2) is 0 Å².